The van der Waals surface area contributed by atoms with E-state index in [-0.39, 0.29) is 36.2 Å². The molecule has 3 aliphatic carbocycles. The second-order valence-electron chi connectivity index (χ2n) is 12.2. The molecule has 8 nitrogen and oxygen atoms in total. The summed E-state index contributed by atoms with van der Waals surface area (Å²) in [7, 11) is 3.11. The van der Waals surface area contributed by atoms with Crippen molar-refractivity contribution in [2.75, 3.05) is 20.8 Å². The number of Topliss-reactive ketones (excluding diaryl/α,β-unsaturated/α-hetero) is 1. The Morgan fingerprint density at radius 1 is 1.16 bits per heavy atom. The standard InChI is InChI=1S/C30H40O8/c1-28(2)24-20(38-22(27(32)33)13-17-9-7-6-8-10-17)11-12-30(28,34)15-19-18-16-37-21(18)14-23(35-4)29(19,3)26(31)25(24)36-5/h6-10,18-19,21-23,25,34H,11-16H2,1-5H3,(H,32,33). The van der Waals surface area contributed by atoms with Gasteiger partial charge in [-0.1, -0.05) is 44.2 Å². The number of aliphatic carboxylic acids is 1. The average Bonchev–Trinajstić information content (AvgIpc) is 2.86. The van der Waals surface area contributed by atoms with Crippen LogP contribution in [0.5, 0.6) is 0 Å². The van der Waals surface area contributed by atoms with Gasteiger partial charge in [-0.2, -0.15) is 0 Å². The Hall–Kier alpha value is -2.26. The number of aliphatic hydroxyl groups is 1. The van der Waals surface area contributed by atoms with E-state index in [9.17, 15) is 19.8 Å². The summed E-state index contributed by atoms with van der Waals surface area (Å²) in [5, 5.41) is 22.4. The first-order valence-electron chi connectivity index (χ1n) is 13.6. The molecule has 1 aromatic rings. The summed E-state index contributed by atoms with van der Waals surface area (Å²) in [6, 6.07) is 9.33. The number of rotatable bonds is 7. The summed E-state index contributed by atoms with van der Waals surface area (Å²) in [6.45, 7) is 6.36. The maximum atomic E-state index is 14.5. The minimum atomic E-state index is -1.15. The van der Waals surface area contributed by atoms with Crippen LogP contribution in [0.2, 0.25) is 0 Å². The predicted octanol–water partition coefficient (Wildman–Crippen LogP) is 3.55. The van der Waals surface area contributed by atoms with Crippen LogP contribution >= 0.6 is 0 Å². The van der Waals surface area contributed by atoms with Crippen molar-refractivity contribution >= 4 is 11.8 Å². The molecule has 1 aromatic carbocycles. The molecule has 38 heavy (non-hydrogen) atoms. The third kappa shape index (κ3) is 4.03. The molecular formula is C30H40O8. The highest BCUT2D eigenvalue weighted by molar-refractivity contribution is 5.93. The first-order valence-corrected chi connectivity index (χ1v) is 13.6. The van der Waals surface area contributed by atoms with Crippen LogP contribution < -0.4 is 0 Å². The summed E-state index contributed by atoms with van der Waals surface area (Å²) >= 11 is 0. The molecular weight excluding hydrogens is 488 g/mol. The van der Waals surface area contributed by atoms with E-state index >= 15 is 0 Å². The van der Waals surface area contributed by atoms with Crippen molar-refractivity contribution in [2.24, 2.45) is 22.7 Å². The van der Waals surface area contributed by atoms with Gasteiger partial charge in [0.05, 0.1) is 29.8 Å². The van der Waals surface area contributed by atoms with E-state index in [2.05, 4.69) is 0 Å². The van der Waals surface area contributed by atoms with Gasteiger partial charge in [0.15, 0.2) is 11.9 Å². The van der Waals surface area contributed by atoms with Gasteiger partial charge in [0, 0.05) is 50.4 Å². The van der Waals surface area contributed by atoms with Crippen molar-refractivity contribution in [3.05, 3.63) is 47.2 Å². The zero-order valence-corrected chi connectivity index (χ0v) is 22.9. The molecule has 0 aromatic heterocycles. The van der Waals surface area contributed by atoms with E-state index in [1.165, 1.54) is 7.11 Å². The number of allylic oxidation sites excluding steroid dienone is 1. The van der Waals surface area contributed by atoms with Gasteiger partial charge in [-0.15, -0.1) is 0 Å². The number of fused-ring (bicyclic) bond motifs is 5. The number of ketones is 1. The molecule has 3 fully saturated rings. The number of methoxy groups -OCH3 is 2. The number of carboxylic acids is 1. The van der Waals surface area contributed by atoms with Crippen molar-refractivity contribution in [1.29, 1.82) is 0 Å². The van der Waals surface area contributed by atoms with E-state index in [0.717, 1.165) is 5.56 Å². The maximum Gasteiger partial charge on any atom is 0.345 e. The first kappa shape index (κ1) is 27.3. The molecule has 0 amide bonds. The lowest BCUT2D eigenvalue weighted by Gasteiger charge is -2.62. The molecule has 0 radical (unpaired) electrons. The smallest absolute Gasteiger partial charge is 0.345 e. The number of carbonyl (C=O) groups is 2. The number of carbonyl (C=O) groups excluding carboxylic acids is 1. The lowest BCUT2D eigenvalue weighted by Crippen LogP contribution is -2.68. The van der Waals surface area contributed by atoms with Crippen molar-refractivity contribution in [2.45, 2.75) is 82.9 Å². The van der Waals surface area contributed by atoms with Crippen LogP contribution in [0.4, 0.5) is 0 Å². The molecule has 1 saturated heterocycles. The predicted molar refractivity (Wildman–Crippen MR) is 138 cm³/mol. The van der Waals surface area contributed by atoms with Crippen LogP contribution in [0.25, 0.3) is 0 Å². The topological polar surface area (TPSA) is 112 Å². The summed E-state index contributed by atoms with van der Waals surface area (Å²) in [5.74, 6) is -0.729. The van der Waals surface area contributed by atoms with Crippen LogP contribution in [0.3, 0.4) is 0 Å². The van der Waals surface area contributed by atoms with E-state index in [1.54, 1.807) is 7.11 Å². The quantitative estimate of drug-likeness (QED) is 0.553. The Labute approximate surface area is 224 Å². The normalized spacial score (nSPS) is 38.7. The van der Waals surface area contributed by atoms with Gasteiger partial charge < -0.3 is 29.2 Å². The van der Waals surface area contributed by atoms with Gasteiger partial charge in [0.1, 0.15) is 11.9 Å². The Balaban J connectivity index is 1.60. The second kappa shape index (κ2) is 9.73. The van der Waals surface area contributed by atoms with Gasteiger partial charge in [-0.25, -0.2) is 4.79 Å². The Morgan fingerprint density at radius 2 is 1.87 bits per heavy atom. The molecule has 8 heteroatoms. The lowest BCUT2D eigenvalue weighted by molar-refractivity contribution is -0.246. The summed E-state index contributed by atoms with van der Waals surface area (Å²) < 4.78 is 24.0. The van der Waals surface area contributed by atoms with Crippen LogP contribution in [0.15, 0.2) is 41.7 Å². The van der Waals surface area contributed by atoms with Gasteiger partial charge in [0.2, 0.25) is 0 Å². The van der Waals surface area contributed by atoms with Crippen molar-refractivity contribution in [1.82, 2.24) is 0 Å². The van der Waals surface area contributed by atoms with Crippen LogP contribution in [-0.2, 0) is 35.0 Å². The average molecular weight is 529 g/mol. The zero-order chi connectivity index (χ0) is 27.5. The summed E-state index contributed by atoms with van der Waals surface area (Å²) in [4.78, 5) is 26.8. The highest BCUT2D eigenvalue weighted by Gasteiger charge is 2.67. The Morgan fingerprint density at radius 3 is 2.45 bits per heavy atom. The van der Waals surface area contributed by atoms with Crippen LogP contribution in [0, 0.1) is 22.7 Å². The fourth-order valence-corrected chi connectivity index (χ4v) is 7.65. The third-order valence-electron chi connectivity index (χ3n) is 10.2. The minimum Gasteiger partial charge on any atom is -0.483 e. The molecule has 2 saturated carbocycles. The molecule has 4 aliphatic rings. The maximum absolute atomic E-state index is 14.5. The van der Waals surface area contributed by atoms with Gasteiger partial charge in [0.25, 0.3) is 0 Å². The fraction of sp³-hybridized carbons (Fsp3) is 0.667. The molecule has 8 atom stereocenters. The number of benzene rings is 1. The van der Waals surface area contributed by atoms with Crippen molar-refractivity contribution < 1.29 is 38.7 Å². The first-order chi connectivity index (χ1) is 18.0. The van der Waals surface area contributed by atoms with E-state index in [4.69, 9.17) is 18.9 Å². The zero-order valence-electron chi connectivity index (χ0n) is 22.9. The molecule has 208 valence electrons. The van der Waals surface area contributed by atoms with E-state index < -0.39 is 34.6 Å². The van der Waals surface area contributed by atoms with E-state index in [1.807, 2.05) is 51.1 Å². The van der Waals surface area contributed by atoms with Crippen LogP contribution in [-0.4, -0.2) is 72.8 Å². The molecule has 2 N–H and O–H groups in total. The van der Waals surface area contributed by atoms with Crippen molar-refractivity contribution in [3.63, 3.8) is 0 Å². The summed E-state index contributed by atoms with van der Waals surface area (Å²) in [5.41, 5.74) is -1.57. The third-order valence-corrected chi connectivity index (χ3v) is 10.2. The fourth-order valence-electron chi connectivity index (χ4n) is 7.65. The SMILES string of the molecule is COC1C(=O)C2(C)C(OC)CC3OCC3C2CC2(O)CCC(OC(Cc3ccccc3)C(=O)O)=C1C2(C)C. The highest BCUT2D eigenvalue weighted by atomic mass is 16.5. The van der Waals surface area contributed by atoms with Gasteiger partial charge in [-0.3, -0.25) is 4.79 Å². The van der Waals surface area contributed by atoms with Crippen molar-refractivity contribution in [3.8, 4) is 0 Å². The number of hydrogen-bond acceptors (Lipinski definition) is 7. The lowest BCUT2D eigenvalue weighted by atomic mass is 9.47. The molecule has 5 rings (SSSR count). The largest absolute Gasteiger partial charge is 0.483 e. The highest BCUT2D eigenvalue weighted by Crippen LogP contribution is 2.61. The minimum absolute atomic E-state index is 0.0183. The summed E-state index contributed by atoms with van der Waals surface area (Å²) in [6.07, 6.45) is -0.586. The number of ether oxygens (including phenoxy) is 4. The van der Waals surface area contributed by atoms with Gasteiger partial charge >= 0.3 is 5.97 Å². The second-order valence-corrected chi connectivity index (χ2v) is 12.2. The Bertz CT molecular complexity index is 1110. The monoisotopic (exact) mass is 528 g/mol. The number of carboxylic acid groups (broad SMARTS) is 1. The van der Waals surface area contributed by atoms with Gasteiger partial charge in [-0.05, 0) is 31.2 Å². The molecule has 0 spiro atoms. The van der Waals surface area contributed by atoms with E-state index in [0.29, 0.717) is 43.6 Å². The van der Waals surface area contributed by atoms with Crippen LogP contribution in [0.1, 0.15) is 52.0 Å². The molecule has 8 unspecified atom stereocenters. The Kier molecular flexibility index (Phi) is 7.00. The molecule has 2 bridgehead atoms. The molecule has 1 aliphatic heterocycles. The number of hydrogen-bond donors (Lipinski definition) is 2. The molecule has 1 heterocycles.